The first-order chi connectivity index (χ1) is 9.50. The summed E-state index contributed by atoms with van der Waals surface area (Å²) in [7, 11) is 0. The lowest BCUT2D eigenvalue weighted by molar-refractivity contribution is -0.122. The predicted molar refractivity (Wildman–Crippen MR) is 78.4 cm³/mol. The van der Waals surface area contributed by atoms with E-state index < -0.39 is 12.0 Å². The van der Waals surface area contributed by atoms with Gasteiger partial charge in [-0.2, -0.15) is 0 Å². The van der Waals surface area contributed by atoms with Gasteiger partial charge >= 0.3 is 0 Å². The van der Waals surface area contributed by atoms with E-state index in [2.05, 4.69) is 0 Å². The number of benzene rings is 2. The number of fused-ring (bicyclic) bond motifs is 1. The van der Waals surface area contributed by atoms with Gasteiger partial charge in [0.25, 0.3) is 0 Å². The molecule has 0 bridgehead atoms. The summed E-state index contributed by atoms with van der Waals surface area (Å²) in [5.74, 6) is -0.161. The minimum Gasteiger partial charge on any atom is -0.492 e. The third-order valence-corrected chi connectivity index (χ3v) is 3.32. The molecule has 1 amide bonds. The highest BCUT2D eigenvalue weighted by Crippen LogP contribution is 2.33. The molecule has 0 saturated carbocycles. The Hall–Kier alpha value is -2.07. The highest BCUT2D eigenvalue weighted by Gasteiger charge is 2.16. The number of ether oxygens (including phenoxy) is 1. The highest BCUT2D eigenvalue weighted by atomic mass is 16.5. The summed E-state index contributed by atoms with van der Waals surface area (Å²) >= 11 is 0. The second-order valence-corrected chi connectivity index (χ2v) is 5.00. The fraction of sp³-hybridized carbons (Fsp3) is 0.312. The molecular formula is C16H19NO3. The van der Waals surface area contributed by atoms with Crippen LogP contribution in [0.15, 0.2) is 36.4 Å². The van der Waals surface area contributed by atoms with Gasteiger partial charge in [-0.1, -0.05) is 43.3 Å². The van der Waals surface area contributed by atoms with Crippen LogP contribution in [0.25, 0.3) is 10.8 Å². The van der Waals surface area contributed by atoms with Gasteiger partial charge in [0.2, 0.25) is 5.91 Å². The molecule has 20 heavy (non-hydrogen) atoms. The van der Waals surface area contributed by atoms with Crippen LogP contribution in [0.5, 0.6) is 5.75 Å². The van der Waals surface area contributed by atoms with Crippen LogP contribution in [0, 0.1) is 5.92 Å². The number of rotatable bonds is 5. The Morgan fingerprint density at radius 2 is 1.95 bits per heavy atom. The minimum atomic E-state index is -0.640. The largest absolute Gasteiger partial charge is 0.492 e. The molecule has 0 aromatic heterocycles. The molecule has 0 aliphatic carbocycles. The molecule has 2 aromatic rings. The molecule has 3 N–H and O–H groups in total. The van der Waals surface area contributed by atoms with Crippen molar-refractivity contribution in [1.82, 2.24) is 0 Å². The second kappa shape index (κ2) is 5.92. The van der Waals surface area contributed by atoms with Crippen molar-refractivity contribution in [3.8, 4) is 5.75 Å². The Morgan fingerprint density at radius 3 is 2.60 bits per heavy atom. The first kappa shape index (κ1) is 14.3. The lowest BCUT2D eigenvalue weighted by Gasteiger charge is -2.17. The van der Waals surface area contributed by atoms with Crippen LogP contribution in [0.1, 0.15) is 25.5 Å². The molecule has 2 atom stereocenters. The standard InChI is InChI=1S/C16H19NO3/c1-10(16(17)19)9-20-15-13(11(2)18)8-7-12-5-3-4-6-14(12)15/h3-8,10-11,18H,9H2,1-2H3,(H2,17,19)/t10?,11-/m1/s1. The number of hydrogen-bond acceptors (Lipinski definition) is 3. The Bertz CT molecular complexity index is 622. The molecular weight excluding hydrogens is 254 g/mol. The van der Waals surface area contributed by atoms with Gasteiger partial charge in [0.1, 0.15) is 5.75 Å². The Balaban J connectivity index is 2.42. The van der Waals surface area contributed by atoms with Crippen LogP contribution >= 0.6 is 0 Å². The summed E-state index contributed by atoms with van der Waals surface area (Å²) in [5, 5.41) is 11.8. The molecule has 2 aromatic carbocycles. The summed E-state index contributed by atoms with van der Waals surface area (Å²) in [5.41, 5.74) is 5.95. The smallest absolute Gasteiger partial charge is 0.223 e. The fourth-order valence-electron chi connectivity index (χ4n) is 2.04. The van der Waals surface area contributed by atoms with Crippen molar-refractivity contribution in [3.05, 3.63) is 42.0 Å². The summed E-state index contributed by atoms with van der Waals surface area (Å²) < 4.78 is 5.77. The molecule has 2 rings (SSSR count). The Morgan fingerprint density at radius 1 is 1.25 bits per heavy atom. The van der Waals surface area contributed by atoms with Crippen LogP contribution in [-0.4, -0.2) is 17.6 Å². The van der Waals surface area contributed by atoms with Gasteiger partial charge in [-0.3, -0.25) is 4.79 Å². The average Bonchev–Trinajstić information content (AvgIpc) is 2.43. The van der Waals surface area contributed by atoms with Crippen molar-refractivity contribution >= 4 is 16.7 Å². The predicted octanol–water partition coefficient (Wildman–Crippen LogP) is 2.39. The molecule has 0 saturated heterocycles. The summed E-state index contributed by atoms with van der Waals surface area (Å²) in [4.78, 5) is 11.1. The van der Waals surface area contributed by atoms with Crippen LogP contribution in [0.2, 0.25) is 0 Å². The summed E-state index contributed by atoms with van der Waals surface area (Å²) in [6.45, 7) is 3.60. The zero-order valence-electron chi connectivity index (χ0n) is 11.7. The maximum absolute atomic E-state index is 11.1. The molecule has 1 unspecified atom stereocenters. The third-order valence-electron chi connectivity index (χ3n) is 3.32. The Labute approximate surface area is 118 Å². The molecule has 0 aliphatic heterocycles. The number of aliphatic hydroxyl groups excluding tert-OH is 1. The van der Waals surface area contributed by atoms with Crippen molar-refractivity contribution in [3.63, 3.8) is 0 Å². The number of hydrogen-bond donors (Lipinski definition) is 2. The van der Waals surface area contributed by atoms with Gasteiger partial charge in [-0.25, -0.2) is 0 Å². The number of carbonyl (C=O) groups excluding carboxylic acids is 1. The number of aliphatic hydroxyl groups is 1. The van der Waals surface area contributed by atoms with Crippen molar-refractivity contribution < 1.29 is 14.6 Å². The van der Waals surface area contributed by atoms with E-state index >= 15 is 0 Å². The van der Waals surface area contributed by atoms with E-state index in [1.165, 1.54) is 0 Å². The fourth-order valence-corrected chi connectivity index (χ4v) is 2.04. The first-order valence-corrected chi connectivity index (χ1v) is 6.62. The van der Waals surface area contributed by atoms with Crippen molar-refractivity contribution in [2.45, 2.75) is 20.0 Å². The van der Waals surface area contributed by atoms with E-state index in [-0.39, 0.29) is 12.5 Å². The molecule has 106 valence electrons. The van der Waals surface area contributed by atoms with Gasteiger partial charge in [0.15, 0.2) is 0 Å². The minimum absolute atomic E-state index is 0.197. The van der Waals surface area contributed by atoms with Gasteiger partial charge in [-0.15, -0.1) is 0 Å². The van der Waals surface area contributed by atoms with Gasteiger partial charge in [-0.05, 0) is 12.3 Å². The maximum Gasteiger partial charge on any atom is 0.223 e. The van der Waals surface area contributed by atoms with E-state index in [1.54, 1.807) is 13.8 Å². The zero-order chi connectivity index (χ0) is 14.7. The molecule has 0 heterocycles. The molecule has 0 fully saturated rings. The second-order valence-electron chi connectivity index (χ2n) is 5.00. The van der Waals surface area contributed by atoms with E-state index in [0.717, 1.165) is 10.8 Å². The van der Waals surface area contributed by atoms with E-state index in [9.17, 15) is 9.90 Å². The first-order valence-electron chi connectivity index (χ1n) is 6.62. The monoisotopic (exact) mass is 273 g/mol. The quantitative estimate of drug-likeness (QED) is 0.878. The average molecular weight is 273 g/mol. The molecule has 0 radical (unpaired) electrons. The third kappa shape index (κ3) is 2.91. The van der Waals surface area contributed by atoms with Crippen molar-refractivity contribution in [1.29, 1.82) is 0 Å². The zero-order valence-corrected chi connectivity index (χ0v) is 11.7. The van der Waals surface area contributed by atoms with Gasteiger partial charge in [0.05, 0.1) is 18.6 Å². The number of nitrogens with two attached hydrogens (primary N) is 1. The van der Waals surface area contributed by atoms with Gasteiger partial charge in [0, 0.05) is 10.9 Å². The number of primary amides is 1. The molecule has 0 spiro atoms. The molecule has 0 aliphatic rings. The highest BCUT2D eigenvalue weighted by molar-refractivity contribution is 5.89. The van der Waals surface area contributed by atoms with Crippen LogP contribution in [0.3, 0.4) is 0 Å². The van der Waals surface area contributed by atoms with Gasteiger partial charge < -0.3 is 15.6 Å². The van der Waals surface area contributed by atoms with Crippen LogP contribution < -0.4 is 10.5 Å². The summed E-state index contributed by atoms with van der Waals surface area (Å²) in [6.07, 6.45) is -0.640. The number of amides is 1. The molecule has 4 nitrogen and oxygen atoms in total. The van der Waals surface area contributed by atoms with E-state index in [4.69, 9.17) is 10.5 Å². The topological polar surface area (TPSA) is 72.6 Å². The van der Waals surface area contributed by atoms with Crippen molar-refractivity contribution in [2.75, 3.05) is 6.61 Å². The Kier molecular flexibility index (Phi) is 4.25. The van der Waals surface area contributed by atoms with E-state index in [1.807, 2.05) is 36.4 Å². The molecule has 4 heteroatoms. The lowest BCUT2D eigenvalue weighted by Crippen LogP contribution is -2.26. The maximum atomic E-state index is 11.1. The van der Waals surface area contributed by atoms with Crippen molar-refractivity contribution in [2.24, 2.45) is 11.7 Å². The van der Waals surface area contributed by atoms with Crippen LogP contribution in [-0.2, 0) is 4.79 Å². The van der Waals surface area contributed by atoms with Crippen LogP contribution in [0.4, 0.5) is 0 Å². The summed E-state index contributed by atoms with van der Waals surface area (Å²) in [6, 6.07) is 11.6. The SMILES string of the molecule is CC(COc1c([C@@H](C)O)ccc2ccccc12)C(N)=O. The van der Waals surface area contributed by atoms with E-state index in [0.29, 0.717) is 11.3 Å². The lowest BCUT2D eigenvalue weighted by atomic mass is 10.0. The normalized spacial score (nSPS) is 13.9. The number of carbonyl (C=O) groups is 1.